The van der Waals surface area contributed by atoms with Gasteiger partial charge in [0.15, 0.2) is 0 Å². The molecule has 0 unspecified atom stereocenters. The van der Waals surface area contributed by atoms with Crippen LogP contribution in [-0.2, 0) is 0 Å². The van der Waals surface area contributed by atoms with Crippen molar-refractivity contribution in [3.63, 3.8) is 0 Å². The lowest BCUT2D eigenvalue weighted by Crippen LogP contribution is -2.56. The van der Waals surface area contributed by atoms with E-state index < -0.39 is 0 Å². The molecule has 20 heavy (non-hydrogen) atoms. The predicted octanol–water partition coefficient (Wildman–Crippen LogP) is 4.16. The van der Waals surface area contributed by atoms with Crippen LogP contribution in [0.5, 0.6) is 0 Å². The Labute approximate surface area is 124 Å². The molecule has 2 heteroatoms. The van der Waals surface area contributed by atoms with Gasteiger partial charge in [0.2, 0.25) is 0 Å². The summed E-state index contributed by atoms with van der Waals surface area (Å²) in [4.78, 5) is 0. The molecule has 0 aromatic heterocycles. The maximum absolute atomic E-state index is 10.0. The number of nitrogens with one attached hydrogen (secondary N) is 1. The van der Waals surface area contributed by atoms with Gasteiger partial charge in [-0.3, -0.25) is 0 Å². The Morgan fingerprint density at radius 2 is 1.35 bits per heavy atom. The van der Waals surface area contributed by atoms with Crippen molar-refractivity contribution in [2.45, 2.75) is 101 Å². The van der Waals surface area contributed by atoms with Gasteiger partial charge in [-0.05, 0) is 56.8 Å². The summed E-state index contributed by atoms with van der Waals surface area (Å²) in [6.07, 6.45) is 19.2. The number of hydrogen-bond donors (Lipinski definition) is 2. The Bertz CT molecular complexity index is 291. The smallest absolute Gasteiger partial charge is 0.0613 e. The minimum Gasteiger partial charge on any atom is -0.394 e. The van der Waals surface area contributed by atoms with E-state index in [0.29, 0.717) is 18.1 Å². The van der Waals surface area contributed by atoms with Crippen molar-refractivity contribution in [2.75, 3.05) is 6.61 Å². The fourth-order valence-corrected chi connectivity index (χ4v) is 5.09. The monoisotopic (exact) mass is 279 g/mol. The van der Waals surface area contributed by atoms with Crippen LogP contribution < -0.4 is 5.32 Å². The molecule has 0 heterocycles. The molecular weight excluding hydrogens is 246 g/mol. The molecule has 2 nitrogen and oxygen atoms in total. The molecule has 0 amide bonds. The summed E-state index contributed by atoms with van der Waals surface area (Å²) in [6, 6.07) is 0.669. The average Bonchev–Trinajstić information content (AvgIpc) is 2.78. The third kappa shape index (κ3) is 3.22. The number of hydrogen-bond acceptors (Lipinski definition) is 2. The van der Waals surface area contributed by atoms with E-state index in [1.165, 1.54) is 89.9 Å². The summed E-state index contributed by atoms with van der Waals surface area (Å²) in [6.45, 7) is 0.347. The van der Waals surface area contributed by atoms with Gasteiger partial charge in [0.25, 0.3) is 0 Å². The summed E-state index contributed by atoms with van der Waals surface area (Å²) < 4.78 is 0. The van der Waals surface area contributed by atoms with Gasteiger partial charge in [0, 0.05) is 11.6 Å². The van der Waals surface area contributed by atoms with Crippen molar-refractivity contribution in [1.82, 2.24) is 5.32 Å². The molecule has 3 aliphatic rings. The van der Waals surface area contributed by atoms with Gasteiger partial charge in [-0.15, -0.1) is 0 Å². The molecule has 116 valence electrons. The SMILES string of the molecule is OCC1(NC2CCCCCC2)CCC2(CCCC2)CC1. The Morgan fingerprint density at radius 1 is 0.750 bits per heavy atom. The highest BCUT2D eigenvalue weighted by atomic mass is 16.3. The Morgan fingerprint density at radius 3 is 1.90 bits per heavy atom. The molecule has 1 spiro atoms. The zero-order valence-corrected chi connectivity index (χ0v) is 13.1. The lowest BCUT2D eigenvalue weighted by molar-refractivity contribution is 0.0528. The topological polar surface area (TPSA) is 32.3 Å². The number of rotatable bonds is 3. The van der Waals surface area contributed by atoms with Crippen LogP contribution in [0.15, 0.2) is 0 Å². The van der Waals surface area contributed by atoms with Gasteiger partial charge in [-0.2, -0.15) is 0 Å². The molecule has 0 radical (unpaired) electrons. The van der Waals surface area contributed by atoms with Crippen molar-refractivity contribution < 1.29 is 5.11 Å². The second-order valence-electron chi connectivity index (χ2n) is 7.98. The Balaban J connectivity index is 1.58. The van der Waals surface area contributed by atoms with Crippen LogP contribution in [0, 0.1) is 5.41 Å². The first-order valence-electron chi connectivity index (χ1n) is 9.15. The minimum absolute atomic E-state index is 0.0584. The second-order valence-corrected chi connectivity index (χ2v) is 7.98. The largest absolute Gasteiger partial charge is 0.394 e. The second kappa shape index (κ2) is 6.36. The van der Waals surface area contributed by atoms with E-state index >= 15 is 0 Å². The van der Waals surface area contributed by atoms with E-state index in [1.807, 2.05) is 0 Å². The van der Waals surface area contributed by atoms with E-state index in [2.05, 4.69) is 5.32 Å². The van der Waals surface area contributed by atoms with E-state index in [9.17, 15) is 5.11 Å². The lowest BCUT2D eigenvalue weighted by Gasteiger charge is -2.46. The van der Waals surface area contributed by atoms with Crippen LogP contribution in [0.2, 0.25) is 0 Å². The minimum atomic E-state index is 0.0584. The summed E-state index contributed by atoms with van der Waals surface area (Å²) in [5.41, 5.74) is 0.729. The first-order chi connectivity index (χ1) is 9.76. The quantitative estimate of drug-likeness (QED) is 0.760. The average molecular weight is 279 g/mol. The van der Waals surface area contributed by atoms with Crippen LogP contribution in [0.1, 0.15) is 89.9 Å². The highest BCUT2D eigenvalue weighted by Gasteiger charge is 2.44. The molecule has 3 aliphatic carbocycles. The first kappa shape index (κ1) is 14.8. The highest BCUT2D eigenvalue weighted by Crippen LogP contribution is 2.51. The zero-order chi connectivity index (χ0) is 13.9. The number of aliphatic hydroxyl groups is 1. The van der Waals surface area contributed by atoms with E-state index in [1.54, 1.807) is 0 Å². The Hall–Kier alpha value is -0.0800. The predicted molar refractivity (Wildman–Crippen MR) is 83.8 cm³/mol. The Kier molecular flexibility index (Phi) is 4.72. The van der Waals surface area contributed by atoms with Crippen molar-refractivity contribution >= 4 is 0 Å². The maximum Gasteiger partial charge on any atom is 0.0613 e. The molecule has 3 rings (SSSR count). The lowest BCUT2D eigenvalue weighted by atomic mass is 9.66. The van der Waals surface area contributed by atoms with Gasteiger partial charge in [-0.1, -0.05) is 38.5 Å². The highest BCUT2D eigenvalue weighted by molar-refractivity contribution is 5.00. The molecule has 2 N–H and O–H groups in total. The zero-order valence-electron chi connectivity index (χ0n) is 13.1. The van der Waals surface area contributed by atoms with Crippen molar-refractivity contribution in [3.05, 3.63) is 0 Å². The number of aliphatic hydroxyl groups excluding tert-OH is 1. The molecule has 3 fully saturated rings. The van der Waals surface area contributed by atoms with Crippen molar-refractivity contribution in [3.8, 4) is 0 Å². The molecule has 0 aromatic rings. The van der Waals surface area contributed by atoms with Crippen molar-refractivity contribution in [1.29, 1.82) is 0 Å². The van der Waals surface area contributed by atoms with Crippen LogP contribution in [0.4, 0.5) is 0 Å². The third-order valence-electron chi connectivity index (χ3n) is 6.60. The molecule has 0 aliphatic heterocycles. The first-order valence-corrected chi connectivity index (χ1v) is 9.15. The summed E-state index contributed by atoms with van der Waals surface area (Å²) in [5, 5.41) is 13.9. The van der Waals surface area contributed by atoms with Gasteiger partial charge >= 0.3 is 0 Å². The van der Waals surface area contributed by atoms with E-state index in [0.717, 1.165) is 0 Å². The van der Waals surface area contributed by atoms with Crippen LogP contribution in [-0.4, -0.2) is 23.3 Å². The van der Waals surface area contributed by atoms with Gasteiger partial charge < -0.3 is 10.4 Å². The molecule has 3 saturated carbocycles. The van der Waals surface area contributed by atoms with Gasteiger partial charge in [-0.25, -0.2) is 0 Å². The van der Waals surface area contributed by atoms with Crippen LogP contribution in [0.25, 0.3) is 0 Å². The molecule has 0 saturated heterocycles. The molecule has 0 aromatic carbocycles. The summed E-state index contributed by atoms with van der Waals surface area (Å²) >= 11 is 0. The fraction of sp³-hybridized carbons (Fsp3) is 1.00. The van der Waals surface area contributed by atoms with Gasteiger partial charge in [0.05, 0.1) is 6.61 Å². The molecule has 0 bridgehead atoms. The van der Waals surface area contributed by atoms with E-state index in [4.69, 9.17) is 0 Å². The molecule has 0 atom stereocenters. The third-order valence-corrected chi connectivity index (χ3v) is 6.60. The van der Waals surface area contributed by atoms with E-state index in [-0.39, 0.29) is 5.54 Å². The summed E-state index contributed by atoms with van der Waals surface area (Å²) in [5.74, 6) is 0. The fourth-order valence-electron chi connectivity index (χ4n) is 5.09. The van der Waals surface area contributed by atoms with Crippen molar-refractivity contribution in [2.24, 2.45) is 5.41 Å². The summed E-state index contributed by atoms with van der Waals surface area (Å²) in [7, 11) is 0. The molecular formula is C18H33NO. The van der Waals surface area contributed by atoms with Gasteiger partial charge in [0.1, 0.15) is 0 Å². The standard InChI is InChI=1S/C18H33NO/c20-15-18(19-16-7-3-1-2-4-8-16)13-11-17(12-14-18)9-5-6-10-17/h16,19-20H,1-15H2. The maximum atomic E-state index is 10.0. The normalized spacial score (nSPS) is 30.4. The van der Waals surface area contributed by atoms with Crippen LogP contribution in [0.3, 0.4) is 0 Å². The van der Waals surface area contributed by atoms with Crippen LogP contribution >= 0.6 is 0 Å².